The second-order valence-corrected chi connectivity index (χ2v) is 6.00. The number of rotatable bonds is 5. The lowest BCUT2D eigenvalue weighted by Gasteiger charge is -2.11. The van der Waals surface area contributed by atoms with Crippen LogP contribution in [0.3, 0.4) is 0 Å². The first kappa shape index (κ1) is 14.7. The molecule has 2 heteroatoms. The number of aromatic nitrogens is 1. The molecule has 0 amide bonds. The van der Waals surface area contributed by atoms with E-state index in [1.807, 2.05) is 0 Å². The zero-order valence-electron chi connectivity index (χ0n) is 13.5. The minimum Gasteiger partial charge on any atom is -0.444 e. The van der Waals surface area contributed by atoms with Gasteiger partial charge >= 0.3 is 0 Å². The molecule has 3 aromatic carbocycles. The Hall–Kier alpha value is -2.87. The number of aryl methyl sites for hydroxylation is 2. The van der Waals surface area contributed by atoms with Crippen LogP contribution in [-0.4, -0.2) is 4.98 Å². The van der Waals surface area contributed by atoms with E-state index in [-0.39, 0.29) is 0 Å². The molecule has 0 unspecified atom stereocenters. The third-order valence-corrected chi connectivity index (χ3v) is 4.42. The third-order valence-electron chi connectivity index (χ3n) is 4.42. The van der Waals surface area contributed by atoms with Gasteiger partial charge in [0.25, 0.3) is 0 Å². The van der Waals surface area contributed by atoms with Gasteiger partial charge in [-0.2, -0.15) is 0 Å². The minimum atomic E-state index is 0.710. The SMILES string of the molecule is c1ccc(CCCc2ccc3ccccc3c2-c2ncco2)cc1. The van der Waals surface area contributed by atoms with Crippen molar-refractivity contribution in [1.29, 1.82) is 0 Å². The second kappa shape index (κ2) is 6.71. The molecule has 0 saturated carbocycles. The van der Waals surface area contributed by atoms with E-state index in [0.29, 0.717) is 5.89 Å². The number of nitrogens with zero attached hydrogens (tertiary/aromatic N) is 1. The normalized spacial score (nSPS) is 11.0. The van der Waals surface area contributed by atoms with Crippen molar-refractivity contribution in [3.63, 3.8) is 0 Å². The molecule has 0 atom stereocenters. The van der Waals surface area contributed by atoms with Crippen molar-refractivity contribution >= 4 is 10.8 Å². The molecule has 4 aromatic rings. The van der Waals surface area contributed by atoms with E-state index in [2.05, 4.69) is 71.7 Å². The second-order valence-electron chi connectivity index (χ2n) is 6.00. The number of hydrogen-bond acceptors (Lipinski definition) is 2. The van der Waals surface area contributed by atoms with Gasteiger partial charge in [0.1, 0.15) is 6.26 Å². The Bertz CT molecular complexity index is 927. The summed E-state index contributed by atoms with van der Waals surface area (Å²) in [4.78, 5) is 4.40. The highest BCUT2D eigenvalue weighted by molar-refractivity contribution is 5.96. The first-order chi connectivity index (χ1) is 11.9. The summed E-state index contributed by atoms with van der Waals surface area (Å²) in [5.74, 6) is 0.710. The molecule has 1 heterocycles. The Kier molecular flexibility index (Phi) is 4.11. The van der Waals surface area contributed by atoms with Crippen molar-refractivity contribution in [1.82, 2.24) is 4.98 Å². The van der Waals surface area contributed by atoms with Crippen molar-refractivity contribution in [3.05, 3.63) is 90.3 Å². The third kappa shape index (κ3) is 2.95. The Balaban J connectivity index is 1.66. The Morgan fingerprint density at radius 3 is 2.46 bits per heavy atom. The van der Waals surface area contributed by atoms with Crippen LogP contribution in [0.2, 0.25) is 0 Å². The average molecular weight is 313 g/mol. The highest BCUT2D eigenvalue weighted by Gasteiger charge is 2.13. The number of hydrogen-bond donors (Lipinski definition) is 0. The molecule has 0 saturated heterocycles. The van der Waals surface area contributed by atoms with E-state index in [1.165, 1.54) is 21.9 Å². The van der Waals surface area contributed by atoms with Crippen LogP contribution < -0.4 is 0 Å². The van der Waals surface area contributed by atoms with Crippen molar-refractivity contribution in [3.8, 4) is 11.5 Å². The Morgan fingerprint density at radius 2 is 1.62 bits per heavy atom. The van der Waals surface area contributed by atoms with Crippen LogP contribution in [0.1, 0.15) is 17.5 Å². The van der Waals surface area contributed by atoms with Gasteiger partial charge in [-0.15, -0.1) is 0 Å². The van der Waals surface area contributed by atoms with E-state index < -0.39 is 0 Å². The first-order valence-corrected chi connectivity index (χ1v) is 8.36. The summed E-state index contributed by atoms with van der Waals surface area (Å²) in [6, 6.07) is 23.5. The molecule has 0 aliphatic heterocycles. The number of fused-ring (bicyclic) bond motifs is 1. The topological polar surface area (TPSA) is 26.0 Å². The molecule has 118 valence electrons. The molecule has 0 spiro atoms. The van der Waals surface area contributed by atoms with Crippen LogP contribution in [0.25, 0.3) is 22.2 Å². The van der Waals surface area contributed by atoms with Gasteiger partial charge in [-0.25, -0.2) is 4.98 Å². The summed E-state index contributed by atoms with van der Waals surface area (Å²) >= 11 is 0. The molecule has 0 bridgehead atoms. The van der Waals surface area contributed by atoms with Gasteiger partial charge in [-0.3, -0.25) is 0 Å². The maximum absolute atomic E-state index is 5.62. The maximum Gasteiger partial charge on any atom is 0.226 e. The molecular formula is C22H19NO. The van der Waals surface area contributed by atoms with Gasteiger partial charge in [0, 0.05) is 5.56 Å². The molecule has 24 heavy (non-hydrogen) atoms. The molecular weight excluding hydrogens is 294 g/mol. The van der Waals surface area contributed by atoms with Gasteiger partial charge in [-0.1, -0.05) is 66.7 Å². The average Bonchev–Trinajstić information content (AvgIpc) is 3.16. The lowest BCUT2D eigenvalue weighted by atomic mass is 9.94. The van der Waals surface area contributed by atoms with Gasteiger partial charge < -0.3 is 4.42 Å². The fraction of sp³-hybridized carbons (Fsp3) is 0.136. The molecule has 4 rings (SSSR count). The number of benzene rings is 3. The van der Waals surface area contributed by atoms with E-state index >= 15 is 0 Å². The van der Waals surface area contributed by atoms with Crippen molar-refractivity contribution in [2.75, 3.05) is 0 Å². The number of oxazole rings is 1. The fourth-order valence-electron chi connectivity index (χ4n) is 3.25. The predicted molar refractivity (Wildman–Crippen MR) is 97.9 cm³/mol. The first-order valence-electron chi connectivity index (χ1n) is 8.36. The summed E-state index contributed by atoms with van der Waals surface area (Å²) in [7, 11) is 0. The van der Waals surface area contributed by atoms with Crippen LogP contribution in [0.4, 0.5) is 0 Å². The summed E-state index contributed by atoms with van der Waals surface area (Å²) < 4.78 is 5.62. The van der Waals surface area contributed by atoms with Crippen LogP contribution in [0.5, 0.6) is 0 Å². The molecule has 0 radical (unpaired) electrons. The van der Waals surface area contributed by atoms with Gasteiger partial charge in [0.15, 0.2) is 0 Å². The lowest BCUT2D eigenvalue weighted by Crippen LogP contribution is -1.95. The highest BCUT2D eigenvalue weighted by atomic mass is 16.3. The van der Waals surface area contributed by atoms with E-state index in [9.17, 15) is 0 Å². The van der Waals surface area contributed by atoms with Gasteiger partial charge in [0.05, 0.1) is 6.20 Å². The largest absolute Gasteiger partial charge is 0.444 e. The predicted octanol–water partition coefficient (Wildman–Crippen LogP) is 5.67. The molecule has 0 aliphatic rings. The fourth-order valence-corrected chi connectivity index (χ4v) is 3.25. The quantitative estimate of drug-likeness (QED) is 0.474. The minimum absolute atomic E-state index is 0.710. The van der Waals surface area contributed by atoms with Crippen LogP contribution >= 0.6 is 0 Å². The lowest BCUT2D eigenvalue weighted by molar-refractivity contribution is 0.574. The Morgan fingerprint density at radius 1 is 0.792 bits per heavy atom. The molecule has 1 aromatic heterocycles. The summed E-state index contributed by atoms with van der Waals surface area (Å²) in [6.45, 7) is 0. The highest BCUT2D eigenvalue weighted by Crippen LogP contribution is 2.32. The molecule has 0 N–H and O–H groups in total. The molecule has 0 aliphatic carbocycles. The van der Waals surface area contributed by atoms with Crippen LogP contribution in [0, 0.1) is 0 Å². The van der Waals surface area contributed by atoms with Crippen LogP contribution in [0.15, 0.2) is 83.6 Å². The van der Waals surface area contributed by atoms with Gasteiger partial charge in [0.2, 0.25) is 5.89 Å². The Labute approximate surface area is 141 Å². The van der Waals surface area contributed by atoms with Crippen molar-refractivity contribution in [2.45, 2.75) is 19.3 Å². The maximum atomic E-state index is 5.62. The standard InChI is InChI=1S/C22H19NO/c1-2-7-17(8-3-1)9-6-11-19-14-13-18-10-4-5-12-20(18)21(19)22-23-15-16-24-22/h1-5,7-8,10,12-16H,6,9,11H2. The molecule has 2 nitrogen and oxygen atoms in total. The van der Waals surface area contributed by atoms with Crippen LogP contribution in [-0.2, 0) is 12.8 Å². The molecule has 0 fully saturated rings. The monoisotopic (exact) mass is 313 g/mol. The zero-order valence-corrected chi connectivity index (χ0v) is 13.5. The smallest absolute Gasteiger partial charge is 0.226 e. The van der Waals surface area contributed by atoms with Crippen molar-refractivity contribution in [2.24, 2.45) is 0 Å². The van der Waals surface area contributed by atoms with Crippen molar-refractivity contribution < 1.29 is 4.42 Å². The van der Waals surface area contributed by atoms with E-state index in [1.54, 1.807) is 12.5 Å². The zero-order chi connectivity index (χ0) is 16.2. The van der Waals surface area contributed by atoms with Gasteiger partial charge in [-0.05, 0) is 41.2 Å². The van der Waals surface area contributed by atoms with E-state index in [4.69, 9.17) is 4.42 Å². The summed E-state index contributed by atoms with van der Waals surface area (Å²) in [6.07, 6.45) is 6.56. The van der Waals surface area contributed by atoms with E-state index in [0.717, 1.165) is 24.8 Å². The summed E-state index contributed by atoms with van der Waals surface area (Å²) in [5, 5.41) is 2.43. The summed E-state index contributed by atoms with van der Waals surface area (Å²) in [5.41, 5.74) is 3.81.